The first-order valence-corrected chi connectivity index (χ1v) is 9.27. The van der Waals surface area contributed by atoms with E-state index in [1.165, 1.54) is 51.4 Å². The molecule has 1 rings (SSSR count). The van der Waals surface area contributed by atoms with Crippen LogP contribution in [0.4, 0.5) is 0 Å². The summed E-state index contributed by atoms with van der Waals surface area (Å²) >= 11 is 9.75. The van der Waals surface area contributed by atoms with Crippen molar-refractivity contribution in [1.29, 1.82) is 0 Å². The largest absolute Gasteiger partial charge is 0.271 e. The molecule has 21 heavy (non-hydrogen) atoms. The van der Waals surface area contributed by atoms with Gasteiger partial charge in [0.05, 0.1) is 0 Å². The first-order valence-electron chi connectivity index (χ1n) is 8.10. The van der Waals surface area contributed by atoms with E-state index in [0.29, 0.717) is 0 Å². The van der Waals surface area contributed by atoms with E-state index in [0.717, 1.165) is 21.5 Å². The molecule has 0 saturated heterocycles. The van der Waals surface area contributed by atoms with Crippen LogP contribution in [0.25, 0.3) is 0 Å². The van der Waals surface area contributed by atoms with Crippen molar-refractivity contribution in [3.05, 3.63) is 33.3 Å². The lowest BCUT2D eigenvalue weighted by molar-refractivity contribution is 0.475. The molecule has 0 aliphatic carbocycles. The highest BCUT2D eigenvalue weighted by molar-refractivity contribution is 9.10. The van der Waals surface area contributed by atoms with Gasteiger partial charge in [-0.2, -0.15) is 0 Å². The number of hydrogen-bond donors (Lipinski definition) is 2. The highest BCUT2D eigenvalue weighted by Gasteiger charge is 2.13. The molecule has 3 N–H and O–H groups in total. The summed E-state index contributed by atoms with van der Waals surface area (Å²) in [6.45, 7) is 2.26. The summed E-state index contributed by atoms with van der Waals surface area (Å²) in [5.74, 6) is 5.70. The van der Waals surface area contributed by atoms with Crippen molar-refractivity contribution >= 4 is 27.5 Å². The van der Waals surface area contributed by atoms with Gasteiger partial charge >= 0.3 is 0 Å². The van der Waals surface area contributed by atoms with Crippen molar-refractivity contribution in [2.75, 3.05) is 0 Å². The Balaban J connectivity index is 2.27. The molecule has 0 bridgehead atoms. The van der Waals surface area contributed by atoms with Gasteiger partial charge in [0.15, 0.2) is 0 Å². The molecule has 2 nitrogen and oxygen atoms in total. The SMILES string of the molecule is CCCCCCCCCCC(NN)c1cc(Br)ccc1Cl. The van der Waals surface area contributed by atoms with Crippen LogP contribution in [-0.4, -0.2) is 0 Å². The number of nitrogens with two attached hydrogens (primary N) is 1. The molecule has 0 aromatic heterocycles. The molecule has 0 spiro atoms. The zero-order chi connectivity index (χ0) is 15.5. The molecule has 1 atom stereocenters. The maximum absolute atomic E-state index is 6.26. The van der Waals surface area contributed by atoms with Crippen LogP contribution in [0.5, 0.6) is 0 Å². The van der Waals surface area contributed by atoms with Gasteiger partial charge in [0, 0.05) is 15.5 Å². The van der Waals surface area contributed by atoms with Gasteiger partial charge < -0.3 is 0 Å². The number of rotatable bonds is 11. The molecule has 0 fully saturated rings. The van der Waals surface area contributed by atoms with Gasteiger partial charge in [-0.15, -0.1) is 0 Å². The van der Waals surface area contributed by atoms with Gasteiger partial charge in [0.1, 0.15) is 0 Å². The zero-order valence-electron chi connectivity index (χ0n) is 13.0. The summed E-state index contributed by atoms with van der Waals surface area (Å²) in [5.41, 5.74) is 3.98. The molecule has 0 amide bonds. The molecule has 1 unspecified atom stereocenters. The van der Waals surface area contributed by atoms with Gasteiger partial charge in [0.2, 0.25) is 0 Å². The fourth-order valence-corrected chi connectivity index (χ4v) is 3.22. The summed E-state index contributed by atoms with van der Waals surface area (Å²) in [5, 5.41) is 0.778. The Labute approximate surface area is 142 Å². The van der Waals surface area contributed by atoms with Crippen LogP contribution in [0.15, 0.2) is 22.7 Å². The maximum Gasteiger partial charge on any atom is 0.0475 e. The Bertz CT molecular complexity index is 398. The maximum atomic E-state index is 6.26. The van der Waals surface area contributed by atoms with Crippen molar-refractivity contribution in [2.45, 2.75) is 70.8 Å². The zero-order valence-corrected chi connectivity index (χ0v) is 15.3. The van der Waals surface area contributed by atoms with Crippen molar-refractivity contribution in [3.63, 3.8) is 0 Å². The molecule has 1 aromatic carbocycles. The van der Waals surface area contributed by atoms with Crippen LogP contribution in [0.1, 0.15) is 76.3 Å². The summed E-state index contributed by atoms with van der Waals surface area (Å²) in [6, 6.07) is 6.06. The lowest BCUT2D eigenvalue weighted by Crippen LogP contribution is -2.28. The molecule has 0 aliphatic rings. The van der Waals surface area contributed by atoms with Crippen molar-refractivity contribution in [1.82, 2.24) is 5.43 Å². The number of halogens is 2. The Hall–Kier alpha value is -0.0900. The number of unbranched alkanes of at least 4 members (excludes halogenated alkanes) is 7. The molecular formula is C17H28BrClN2. The second-order valence-electron chi connectivity index (χ2n) is 5.65. The van der Waals surface area contributed by atoms with E-state index in [4.69, 9.17) is 17.4 Å². The standard InChI is InChI=1S/C17H28BrClN2/c1-2-3-4-5-6-7-8-9-10-17(21-20)15-13-14(18)11-12-16(15)19/h11-13,17,21H,2-10,20H2,1H3. The monoisotopic (exact) mass is 374 g/mol. The highest BCUT2D eigenvalue weighted by Crippen LogP contribution is 2.29. The Morgan fingerprint density at radius 1 is 1.10 bits per heavy atom. The minimum absolute atomic E-state index is 0.134. The minimum Gasteiger partial charge on any atom is -0.271 e. The molecule has 0 radical (unpaired) electrons. The predicted molar refractivity (Wildman–Crippen MR) is 96.4 cm³/mol. The normalized spacial score (nSPS) is 12.6. The van der Waals surface area contributed by atoms with E-state index in [1.54, 1.807) is 0 Å². The molecule has 0 aliphatic heterocycles. The van der Waals surface area contributed by atoms with E-state index >= 15 is 0 Å². The third kappa shape index (κ3) is 7.64. The van der Waals surface area contributed by atoms with Crippen molar-refractivity contribution in [2.24, 2.45) is 5.84 Å². The average Bonchev–Trinajstić information content (AvgIpc) is 2.49. The first-order chi connectivity index (χ1) is 10.2. The predicted octanol–water partition coefficient (Wildman–Crippen LogP) is 6.14. The van der Waals surface area contributed by atoms with Crippen LogP contribution >= 0.6 is 27.5 Å². The van der Waals surface area contributed by atoms with E-state index in [2.05, 4.69) is 34.3 Å². The Morgan fingerprint density at radius 3 is 2.33 bits per heavy atom. The van der Waals surface area contributed by atoms with E-state index in [9.17, 15) is 0 Å². The third-order valence-corrected chi connectivity index (χ3v) is 4.72. The van der Waals surface area contributed by atoms with Crippen LogP contribution in [0, 0.1) is 0 Å². The van der Waals surface area contributed by atoms with E-state index in [1.807, 2.05) is 12.1 Å². The number of hydrogen-bond acceptors (Lipinski definition) is 2. The smallest absolute Gasteiger partial charge is 0.0475 e. The van der Waals surface area contributed by atoms with Gasteiger partial charge in [-0.05, 0) is 30.2 Å². The number of nitrogens with one attached hydrogen (secondary N) is 1. The lowest BCUT2D eigenvalue weighted by Gasteiger charge is -2.18. The van der Waals surface area contributed by atoms with Gasteiger partial charge in [-0.1, -0.05) is 85.8 Å². The molecule has 4 heteroatoms. The van der Waals surface area contributed by atoms with Gasteiger partial charge in [-0.25, -0.2) is 0 Å². The number of hydrazine groups is 1. The second kappa shape index (κ2) is 11.5. The fraction of sp³-hybridized carbons (Fsp3) is 0.647. The van der Waals surface area contributed by atoms with Crippen LogP contribution in [0.2, 0.25) is 5.02 Å². The number of benzene rings is 1. The third-order valence-electron chi connectivity index (χ3n) is 3.88. The summed E-state index contributed by atoms with van der Waals surface area (Å²) in [7, 11) is 0. The van der Waals surface area contributed by atoms with Crippen molar-refractivity contribution < 1.29 is 0 Å². The Kier molecular flexibility index (Phi) is 10.4. The topological polar surface area (TPSA) is 38.0 Å². The molecule has 0 heterocycles. The molecular weight excluding hydrogens is 348 g/mol. The molecule has 120 valence electrons. The highest BCUT2D eigenvalue weighted by atomic mass is 79.9. The van der Waals surface area contributed by atoms with Crippen LogP contribution in [0.3, 0.4) is 0 Å². The van der Waals surface area contributed by atoms with Crippen LogP contribution in [-0.2, 0) is 0 Å². The van der Waals surface area contributed by atoms with Crippen molar-refractivity contribution in [3.8, 4) is 0 Å². The lowest BCUT2D eigenvalue weighted by atomic mass is 10.00. The minimum atomic E-state index is 0.134. The summed E-state index contributed by atoms with van der Waals surface area (Å²) in [4.78, 5) is 0. The summed E-state index contributed by atoms with van der Waals surface area (Å²) in [6.07, 6.45) is 11.6. The second-order valence-corrected chi connectivity index (χ2v) is 6.97. The molecule has 1 aromatic rings. The van der Waals surface area contributed by atoms with E-state index < -0.39 is 0 Å². The average molecular weight is 376 g/mol. The Morgan fingerprint density at radius 2 is 1.71 bits per heavy atom. The van der Waals surface area contributed by atoms with Crippen LogP contribution < -0.4 is 11.3 Å². The van der Waals surface area contributed by atoms with E-state index in [-0.39, 0.29) is 6.04 Å². The molecule has 0 saturated carbocycles. The fourth-order valence-electron chi connectivity index (χ4n) is 2.59. The first kappa shape index (κ1) is 19.0. The summed E-state index contributed by atoms with van der Waals surface area (Å²) < 4.78 is 1.04. The quantitative estimate of drug-likeness (QED) is 0.277. The van der Waals surface area contributed by atoms with Gasteiger partial charge in [0.25, 0.3) is 0 Å². The van der Waals surface area contributed by atoms with Gasteiger partial charge in [-0.3, -0.25) is 11.3 Å².